The number of aromatic nitrogens is 2. The van der Waals surface area contributed by atoms with Gasteiger partial charge in [-0.2, -0.15) is 13.2 Å². The molecule has 1 unspecified atom stereocenters. The number of benzene rings is 1. The van der Waals surface area contributed by atoms with Crippen molar-refractivity contribution in [2.75, 3.05) is 6.54 Å². The monoisotopic (exact) mass is 371 g/mol. The summed E-state index contributed by atoms with van der Waals surface area (Å²) in [7, 11) is 0. The van der Waals surface area contributed by atoms with Crippen LogP contribution < -0.4 is 0 Å². The molecule has 0 fully saturated rings. The molecule has 2 aromatic rings. The number of nitrogens with zero attached hydrogens (tertiary/aromatic N) is 3. The minimum Gasteiger partial charge on any atom is -0.373 e. The van der Waals surface area contributed by atoms with Crippen LogP contribution in [-0.4, -0.2) is 43.8 Å². The average Bonchev–Trinajstić information content (AvgIpc) is 2.98. The highest BCUT2D eigenvalue weighted by molar-refractivity contribution is 5.85. The Hall–Kier alpha value is -2.42. The van der Waals surface area contributed by atoms with E-state index in [-0.39, 0.29) is 19.1 Å². The normalized spacial score (nSPS) is 19.8. The Balaban J connectivity index is 1.91. The SMILES string of the molecule is CC1CN(C(=O)[C@@](C)(O)C(F)(F)F)Cc2cnc(-c3ccc(F)cc3)n21. The molecule has 1 aliphatic rings. The van der Waals surface area contributed by atoms with Gasteiger partial charge in [-0.05, 0) is 38.1 Å². The van der Waals surface area contributed by atoms with Gasteiger partial charge in [0.05, 0.1) is 24.5 Å². The molecule has 26 heavy (non-hydrogen) atoms. The van der Waals surface area contributed by atoms with Gasteiger partial charge in [0.2, 0.25) is 5.60 Å². The first-order valence-corrected chi connectivity index (χ1v) is 7.93. The molecule has 1 N–H and O–H groups in total. The van der Waals surface area contributed by atoms with Crippen LogP contribution in [0.5, 0.6) is 0 Å². The van der Waals surface area contributed by atoms with Gasteiger partial charge in [0, 0.05) is 12.1 Å². The summed E-state index contributed by atoms with van der Waals surface area (Å²) >= 11 is 0. The van der Waals surface area contributed by atoms with E-state index in [4.69, 9.17) is 0 Å². The van der Waals surface area contributed by atoms with E-state index in [1.807, 2.05) is 0 Å². The summed E-state index contributed by atoms with van der Waals surface area (Å²) in [6, 6.07) is 5.34. The van der Waals surface area contributed by atoms with Crippen LogP contribution in [0.1, 0.15) is 25.6 Å². The Labute approximate surface area is 146 Å². The van der Waals surface area contributed by atoms with E-state index in [9.17, 15) is 27.5 Å². The predicted octanol–water partition coefficient (Wildman–Crippen LogP) is 2.91. The number of fused-ring (bicyclic) bond motifs is 1. The summed E-state index contributed by atoms with van der Waals surface area (Å²) < 4.78 is 53.7. The lowest BCUT2D eigenvalue weighted by atomic mass is 10.0. The fourth-order valence-electron chi connectivity index (χ4n) is 3.06. The van der Waals surface area contributed by atoms with Crippen LogP contribution in [0.3, 0.4) is 0 Å². The topological polar surface area (TPSA) is 58.4 Å². The molecule has 140 valence electrons. The van der Waals surface area contributed by atoms with Gasteiger partial charge in [-0.1, -0.05) is 0 Å². The molecule has 1 aliphatic heterocycles. The zero-order valence-corrected chi connectivity index (χ0v) is 14.1. The molecule has 0 aliphatic carbocycles. The Morgan fingerprint density at radius 2 is 1.88 bits per heavy atom. The van der Waals surface area contributed by atoms with Gasteiger partial charge in [-0.3, -0.25) is 4.79 Å². The fourth-order valence-corrected chi connectivity index (χ4v) is 3.06. The standard InChI is InChI=1S/C17H17F4N3O2/c1-10-8-23(15(25)16(2,26)17(19,20)21)9-13-7-22-14(24(10)13)11-3-5-12(18)6-4-11/h3-7,10,26H,8-9H2,1-2H3/t10?,16-/m1/s1. The van der Waals surface area contributed by atoms with E-state index in [0.717, 1.165) is 4.90 Å². The van der Waals surface area contributed by atoms with Crippen LogP contribution in [0.15, 0.2) is 30.5 Å². The number of amides is 1. The second-order valence-electron chi connectivity index (χ2n) is 6.55. The molecule has 1 amide bonds. The first kappa shape index (κ1) is 18.4. The highest BCUT2D eigenvalue weighted by Crippen LogP contribution is 2.35. The van der Waals surface area contributed by atoms with Crippen LogP contribution in [-0.2, 0) is 11.3 Å². The lowest BCUT2D eigenvalue weighted by Gasteiger charge is -2.37. The van der Waals surface area contributed by atoms with Gasteiger partial charge in [0.1, 0.15) is 11.6 Å². The second kappa shape index (κ2) is 6.08. The molecular weight excluding hydrogens is 354 g/mol. The number of hydrogen-bond acceptors (Lipinski definition) is 3. The van der Waals surface area contributed by atoms with Crippen molar-refractivity contribution in [1.29, 1.82) is 0 Å². The van der Waals surface area contributed by atoms with Crippen LogP contribution in [0.25, 0.3) is 11.4 Å². The number of rotatable bonds is 2. The predicted molar refractivity (Wildman–Crippen MR) is 84.4 cm³/mol. The highest BCUT2D eigenvalue weighted by atomic mass is 19.4. The van der Waals surface area contributed by atoms with E-state index in [1.165, 1.54) is 18.3 Å². The number of aliphatic hydroxyl groups is 1. The van der Waals surface area contributed by atoms with Gasteiger partial charge in [0.15, 0.2) is 0 Å². The molecular formula is C17H17F4N3O2. The first-order valence-electron chi connectivity index (χ1n) is 7.93. The molecule has 0 radical (unpaired) electrons. The van der Waals surface area contributed by atoms with Crippen LogP contribution in [0.2, 0.25) is 0 Å². The van der Waals surface area contributed by atoms with Gasteiger partial charge < -0.3 is 14.6 Å². The van der Waals surface area contributed by atoms with Crippen molar-refractivity contribution in [3.8, 4) is 11.4 Å². The number of carbonyl (C=O) groups excluding carboxylic acids is 1. The molecule has 3 rings (SSSR count). The molecule has 0 bridgehead atoms. The van der Waals surface area contributed by atoms with Gasteiger partial charge in [-0.25, -0.2) is 9.37 Å². The maximum atomic E-state index is 13.1. The molecule has 1 aromatic carbocycles. The van der Waals surface area contributed by atoms with E-state index >= 15 is 0 Å². The molecule has 9 heteroatoms. The van der Waals surface area contributed by atoms with Crippen molar-refractivity contribution in [2.24, 2.45) is 0 Å². The summed E-state index contributed by atoms with van der Waals surface area (Å²) in [4.78, 5) is 17.5. The van der Waals surface area contributed by atoms with Crippen molar-refractivity contribution in [3.63, 3.8) is 0 Å². The quantitative estimate of drug-likeness (QED) is 0.826. The zero-order valence-electron chi connectivity index (χ0n) is 14.1. The Morgan fingerprint density at radius 1 is 1.27 bits per heavy atom. The molecule has 0 saturated carbocycles. The Bertz CT molecular complexity index is 828. The van der Waals surface area contributed by atoms with E-state index in [1.54, 1.807) is 23.6 Å². The smallest absolute Gasteiger partial charge is 0.373 e. The maximum absolute atomic E-state index is 13.1. The van der Waals surface area contributed by atoms with Gasteiger partial charge in [-0.15, -0.1) is 0 Å². The number of hydrogen-bond donors (Lipinski definition) is 1. The number of halogens is 4. The van der Waals surface area contributed by atoms with E-state index in [2.05, 4.69) is 4.98 Å². The summed E-state index contributed by atoms with van der Waals surface area (Å²) in [6.45, 7) is 2.07. The van der Waals surface area contributed by atoms with Gasteiger partial charge in [0.25, 0.3) is 5.91 Å². The number of carbonyl (C=O) groups is 1. The van der Waals surface area contributed by atoms with Crippen molar-refractivity contribution >= 4 is 5.91 Å². The summed E-state index contributed by atoms with van der Waals surface area (Å²) in [5, 5.41) is 9.64. The highest BCUT2D eigenvalue weighted by Gasteiger charge is 2.57. The Kier molecular flexibility index (Phi) is 4.30. The van der Waals surface area contributed by atoms with Crippen molar-refractivity contribution in [2.45, 2.75) is 38.2 Å². The third-order valence-corrected chi connectivity index (χ3v) is 4.51. The summed E-state index contributed by atoms with van der Waals surface area (Å²) in [5.74, 6) is -1.24. The van der Waals surface area contributed by atoms with Crippen molar-refractivity contribution < 1.29 is 27.5 Å². The average molecular weight is 371 g/mol. The molecule has 1 aromatic heterocycles. The number of imidazole rings is 1. The summed E-state index contributed by atoms with van der Waals surface area (Å²) in [6.07, 6.45) is -3.60. The maximum Gasteiger partial charge on any atom is 0.426 e. The number of alkyl halides is 3. The minimum absolute atomic E-state index is 0.0113. The van der Waals surface area contributed by atoms with E-state index in [0.29, 0.717) is 24.0 Å². The Morgan fingerprint density at radius 3 is 2.46 bits per heavy atom. The molecule has 5 nitrogen and oxygen atoms in total. The molecule has 0 spiro atoms. The third-order valence-electron chi connectivity index (χ3n) is 4.51. The van der Waals surface area contributed by atoms with Crippen LogP contribution in [0.4, 0.5) is 17.6 Å². The van der Waals surface area contributed by atoms with Crippen molar-refractivity contribution in [1.82, 2.24) is 14.5 Å². The van der Waals surface area contributed by atoms with Crippen molar-refractivity contribution in [3.05, 3.63) is 42.0 Å². The molecule has 0 saturated heterocycles. The first-order chi connectivity index (χ1) is 12.0. The largest absolute Gasteiger partial charge is 0.426 e. The fraction of sp³-hybridized carbons (Fsp3) is 0.412. The molecule has 2 heterocycles. The van der Waals surface area contributed by atoms with Crippen LogP contribution >= 0.6 is 0 Å². The lowest BCUT2D eigenvalue weighted by Crippen LogP contribution is -2.57. The summed E-state index contributed by atoms with van der Waals surface area (Å²) in [5.41, 5.74) is -2.25. The van der Waals surface area contributed by atoms with Crippen LogP contribution in [0, 0.1) is 5.82 Å². The molecule has 2 atom stereocenters. The zero-order chi connectivity index (χ0) is 19.3. The van der Waals surface area contributed by atoms with E-state index < -0.39 is 23.5 Å². The van der Waals surface area contributed by atoms with Gasteiger partial charge >= 0.3 is 6.18 Å². The lowest BCUT2D eigenvalue weighted by molar-refractivity contribution is -0.251. The third kappa shape index (κ3) is 2.96. The second-order valence-corrected chi connectivity index (χ2v) is 6.55. The minimum atomic E-state index is -5.07.